The SMILES string of the molecule is CC(C)C1(CF)CCCCC1. The van der Waals surface area contributed by atoms with E-state index in [9.17, 15) is 4.39 Å². The third kappa shape index (κ3) is 1.74. The van der Waals surface area contributed by atoms with Crippen molar-refractivity contribution in [3.8, 4) is 0 Å². The molecule has 0 N–H and O–H groups in total. The van der Waals surface area contributed by atoms with E-state index in [2.05, 4.69) is 13.8 Å². The molecule has 0 aromatic carbocycles. The lowest BCUT2D eigenvalue weighted by Crippen LogP contribution is -2.32. The second-order valence-corrected chi connectivity index (χ2v) is 4.21. The molecule has 0 unspecified atom stereocenters. The number of hydrogen-bond acceptors (Lipinski definition) is 0. The average Bonchev–Trinajstić information content (AvgIpc) is 2.05. The summed E-state index contributed by atoms with van der Waals surface area (Å²) in [6.07, 6.45) is 6.01. The zero-order valence-corrected chi connectivity index (χ0v) is 7.70. The summed E-state index contributed by atoms with van der Waals surface area (Å²) < 4.78 is 12.8. The molecule has 0 radical (unpaired) electrons. The van der Waals surface area contributed by atoms with Gasteiger partial charge in [-0.1, -0.05) is 33.1 Å². The van der Waals surface area contributed by atoms with Gasteiger partial charge in [0.2, 0.25) is 0 Å². The standard InChI is InChI=1S/C10H19F/c1-9(2)10(8-11)6-4-3-5-7-10/h9H,3-8H2,1-2H3. The van der Waals surface area contributed by atoms with E-state index in [1.165, 1.54) is 19.3 Å². The van der Waals surface area contributed by atoms with E-state index in [1.807, 2.05) is 0 Å². The third-order valence-electron chi connectivity index (χ3n) is 3.34. The van der Waals surface area contributed by atoms with E-state index in [-0.39, 0.29) is 12.1 Å². The molecule has 1 fully saturated rings. The van der Waals surface area contributed by atoms with Crippen LogP contribution in [0, 0.1) is 11.3 Å². The Labute approximate surface area is 69.2 Å². The van der Waals surface area contributed by atoms with Crippen molar-refractivity contribution in [1.29, 1.82) is 0 Å². The molecule has 66 valence electrons. The second-order valence-electron chi connectivity index (χ2n) is 4.21. The highest BCUT2D eigenvalue weighted by molar-refractivity contribution is 4.84. The molecule has 0 heterocycles. The number of halogens is 1. The van der Waals surface area contributed by atoms with Gasteiger partial charge in [0.25, 0.3) is 0 Å². The molecular formula is C10H19F. The molecule has 1 rings (SSSR count). The first kappa shape index (κ1) is 9.02. The van der Waals surface area contributed by atoms with Crippen molar-refractivity contribution < 1.29 is 4.39 Å². The lowest BCUT2D eigenvalue weighted by molar-refractivity contribution is 0.0804. The van der Waals surface area contributed by atoms with Crippen molar-refractivity contribution in [2.75, 3.05) is 6.67 Å². The van der Waals surface area contributed by atoms with Crippen molar-refractivity contribution in [3.05, 3.63) is 0 Å². The molecule has 0 aromatic rings. The summed E-state index contributed by atoms with van der Waals surface area (Å²) in [6, 6.07) is 0. The number of alkyl halides is 1. The Kier molecular flexibility index (Phi) is 2.91. The van der Waals surface area contributed by atoms with Crippen LogP contribution >= 0.6 is 0 Å². The van der Waals surface area contributed by atoms with E-state index in [4.69, 9.17) is 0 Å². The van der Waals surface area contributed by atoms with Crippen LogP contribution < -0.4 is 0 Å². The summed E-state index contributed by atoms with van der Waals surface area (Å²) in [7, 11) is 0. The fraction of sp³-hybridized carbons (Fsp3) is 1.00. The molecular weight excluding hydrogens is 139 g/mol. The maximum Gasteiger partial charge on any atom is 0.0953 e. The molecule has 0 atom stereocenters. The van der Waals surface area contributed by atoms with Gasteiger partial charge in [0, 0.05) is 5.41 Å². The molecule has 1 aliphatic carbocycles. The predicted molar refractivity (Wildman–Crippen MR) is 46.3 cm³/mol. The van der Waals surface area contributed by atoms with Crippen LogP contribution in [-0.4, -0.2) is 6.67 Å². The number of hydrogen-bond donors (Lipinski definition) is 0. The van der Waals surface area contributed by atoms with Crippen LogP contribution in [0.15, 0.2) is 0 Å². The van der Waals surface area contributed by atoms with Crippen LogP contribution in [0.25, 0.3) is 0 Å². The van der Waals surface area contributed by atoms with Gasteiger partial charge in [0.15, 0.2) is 0 Å². The monoisotopic (exact) mass is 158 g/mol. The highest BCUT2D eigenvalue weighted by atomic mass is 19.1. The third-order valence-corrected chi connectivity index (χ3v) is 3.34. The normalized spacial score (nSPS) is 24.0. The summed E-state index contributed by atoms with van der Waals surface area (Å²) in [5.74, 6) is 0.521. The lowest BCUT2D eigenvalue weighted by Gasteiger charge is -2.38. The second kappa shape index (κ2) is 3.55. The van der Waals surface area contributed by atoms with Gasteiger partial charge in [-0.05, 0) is 18.8 Å². The van der Waals surface area contributed by atoms with Crippen molar-refractivity contribution in [1.82, 2.24) is 0 Å². The maximum atomic E-state index is 12.8. The van der Waals surface area contributed by atoms with Gasteiger partial charge in [-0.3, -0.25) is 4.39 Å². The van der Waals surface area contributed by atoms with Crippen molar-refractivity contribution >= 4 is 0 Å². The molecule has 0 saturated heterocycles. The Bertz CT molecular complexity index is 112. The Balaban J connectivity index is 2.57. The molecule has 1 heteroatoms. The van der Waals surface area contributed by atoms with E-state index in [1.54, 1.807) is 0 Å². The Morgan fingerprint density at radius 3 is 2.00 bits per heavy atom. The molecule has 1 saturated carbocycles. The molecule has 11 heavy (non-hydrogen) atoms. The molecule has 0 aromatic heterocycles. The highest BCUT2D eigenvalue weighted by Gasteiger charge is 2.34. The Morgan fingerprint density at radius 2 is 1.73 bits per heavy atom. The molecule has 0 bridgehead atoms. The fourth-order valence-electron chi connectivity index (χ4n) is 2.12. The summed E-state index contributed by atoms with van der Waals surface area (Å²) in [4.78, 5) is 0. The quantitative estimate of drug-likeness (QED) is 0.576. The van der Waals surface area contributed by atoms with Crippen LogP contribution in [0.1, 0.15) is 46.0 Å². The maximum absolute atomic E-state index is 12.8. The van der Waals surface area contributed by atoms with Gasteiger partial charge in [-0.2, -0.15) is 0 Å². The van der Waals surface area contributed by atoms with Gasteiger partial charge in [-0.15, -0.1) is 0 Å². The van der Waals surface area contributed by atoms with E-state index in [0.29, 0.717) is 5.92 Å². The minimum Gasteiger partial charge on any atom is -0.250 e. The molecule has 0 amide bonds. The summed E-state index contributed by atoms with van der Waals surface area (Å²) in [5, 5.41) is 0. The smallest absolute Gasteiger partial charge is 0.0953 e. The van der Waals surface area contributed by atoms with E-state index in [0.717, 1.165) is 12.8 Å². The van der Waals surface area contributed by atoms with Crippen molar-refractivity contribution in [3.63, 3.8) is 0 Å². The van der Waals surface area contributed by atoms with Gasteiger partial charge in [0.05, 0.1) is 6.67 Å². The minimum atomic E-state index is -0.106. The van der Waals surface area contributed by atoms with Gasteiger partial charge >= 0.3 is 0 Å². The summed E-state index contributed by atoms with van der Waals surface area (Å²) >= 11 is 0. The first-order valence-electron chi connectivity index (χ1n) is 4.77. The highest BCUT2D eigenvalue weighted by Crippen LogP contribution is 2.42. The predicted octanol–water partition coefficient (Wildman–Crippen LogP) is 3.56. The van der Waals surface area contributed by atoms with Gasteiger partial charge in [0.1, 0.15) is 0 Å². The largest absolute Gasteiger partial charge is 0.250 e. The summed E-state index contributed by atoms with van der Waals surface area (Å²) in [5.41, 5.74) is 0.0538. The number of rotatable bonds is 2. The van der Waals surface area contributed by atoms with Crippen LogP contribution in [0.3, 0.4) is 0 Å². The minimum absolute atomic E-state index is 0.0538. The van der Waals surface area contributed by atoms with Gasteiger partial charge in [-0.25, -0.2) is 0 Å². The fourth-order valence-corrected chi connectivity index (χ4v) is 2.12. The zero-order chi connectivity index (χ0) is 8.32. The summed E-state index contributed by atoms with van der Waals surface area (Å²) in [6.45, 7) is 4.21. The van der Waals surface area contributed by atoms with Crippen LogP contribution in [0.4, 0.5) is 4.39 Å². The first-order valence-corrected chi connectivity index (χ1v) is 4.77. The van der Waals surface area contributed by atoms with Crippen molar-refractivity contribution in [2.24, 2.45) is 11.3 Å². The Hall–Kier alpha value is -0.0700. The average molecular weight is 158 g/mol. The molecule has 0 aliphatic heterocycles. The topological polar surface area (TPSA) is 0 Å². The van der Waals surface area contributed by atoms with Crippen LogP contribution in [-0.2, 0) is 0 Å². The van der Waals surface area contributed by atoms with E-state index >= 15 is 0 Å². The lowest BCUT2D eigenvalue weighted by atomic mass is 9.68. The Morgan fingerprint density at radius 1 is 1.18 bits per heavy atom. The molecule has 0 nitrogen and oxygen atoms in total. The zero-order valence-electron chi connectivity index (χ0n) is 7.70. The van der Waals surface area contributed by atoms with E-state index < -0.39 is 0 Å². The van der Waals surface area contributed by atoms with Crippen LogP contribution in [0.5, 0.6) is 0 Å². The van der Waals surface area contributed by atoms with Crippen molar-refractivity contribution in [2.45, 2.75) is 46.0 Å². The molecule has 0 spiro atoms. The molecule has 1 aliphatic rings. The van der Waals surface area contributed by atoms with Gasteiger partial charge < -0.3 is 0 Å². The first-order chi connectivity index (χ1) is 5.21. The van der Waals surface area contributed by atoms with Crippen LogP contribution in [0.2, 0.25) is 0 Å².